The molecule has 3 heterocycles. The van der Waals surface area contributed by atoms with Gasteiger partial charge in [-0.25, -0.2) is 22.3 Å². The number of sulfone groups is 1. The van der Waals surface area contributed by atoms with Gasteiger partial charge in [-0.05, 0) is 43.0 Å². The van der Waals surface area contributed by atoms with Crippen LogP contribution >= 0.6 is 0 Å². The fourth-order valence-electron chi connectivity index (χ4n) is 3.96. The number of nitrogens with zero attached hydrogens (tertiary/aromatic N) is 4. The van der Waals surface area contributed by atoms with Crippen molar-refractivity contribution < 1.29 is 22.3 Å². The smallest absolute Gasteiger partial charge is 0.414 e. The molecule has 0 bridgehead atoms. The molecule has 2 aliphatic heterocycles. The minimum Gasteiger partial charge on any atom is -0.442 e. The van der Waals surface area contributed by atoms with Crippen LogP contribution in [0.1, 0.15) is 43.1 Å². The molecule has 8 nitrogen and oxygen atoms in total. The summed E-state index contributed by atoms with van der Waals surface area (Å²) in [5.41, 5.74) is 3.27. The molecule has 2 aliphatic rings. The van der Waals surface area contributed by atoms with Gasteiger partial charge in [-0.2, -0.15) is 0 Å². The summed E-state index contributed by atoms with van der Waals surface area (Å²) in [5, 5.41) is 8.35. The normalized spacial score (nSPS) is 20.8. The van der Waals surface area contributed by atoms with Crippen molar-refractivity contribution in [3.05, 3.63) is 47.0 Å². The van der Waals surface area contributed by atoms with E-state index >= 15 is 0 Å². The van der Waals surface area contributed by atoms with Crippen LogP contribution in [-0.2, 0) is 21.1 Å². The number of cyclic esters (lactones) is 1. The zero-order chi connectivity index (χ0) is 22.3. The maximum atomic E-state index is 14.8. The molecule has 31 heavy (non-hydrogen) atoms. The van der Waals surface area contributed by atoms with Gasteiger partial charge in [-0.1, -0.05) is 25.1 Å². The number of benzene rings is 1. The Kier molecular flexibility index (Phi) is 5.59. The molecule has 1 amide bonds. The van der Waals surface area contributed by atoms with Crippen LogP contribution in [0.5, 0.6) is 0 Å². The molecule has 2 aromatic rings. The topological polar surface area (TPSA) is 94.4 Å². The molecule has 0 N–H and O–H groups in total. The highest BCUT2D eigenvalue weighted by molar-refractivity contribution is 7.91. The molecule has 0 spiro atoms. The molecule has 0 radical (unpaired) electrons. The second-order valence-corrected chi connectivity index (χ2v) is 10.5. The third-order valence-corrected chi connectivity index (χ3v) is 7.19. The van der Waals surface area contributed by atoms with Gasteiger partial charge in [0.25, 0.3) is 0 Å². The van der Waals surface area contributed by atoms with E-state index in [1.54, 1.807) is 22.9 Å². The first-order chi connectivity index (χ1) is 14.6. The fraction of sp³-hybridized carbons (Fsp3) is 0.476. The summed E-state index contributed by atoms with van der Waals surface area (Å²) in [5.74, 6) is -0.310. The number of hydrogen-bond donors (Lipinski definition) is 0. The Balaban J connectivity index is 1.48. The first-order valence-corrected chi connectivity index (χ1v) is 12.0. The predicted octanol–water partition coefficient (Wildman–Crippen LogP) is 3.08. The maximum Gasteiger partial charge on any atom is 0.414 e. The molecule has 1 atom stereocenters. The van der Waals surface area contributed by atoms with Crippen molar-refractivity contribution in [1.82, 2.24) is 15.0 Å². The van der Waals surface area contributed by atoms with E-state index in [1.165, 1.54) is 11.0 Å². The van der Waals surface area contributed by atoms with Crippen molar-refractivity contribution in [2.75, 3.05) is 23.0 Å². The van der Waals surface area contributed by atoms with Gasteiger partial charge in [0.2, 0.25) is 0 Å². The lowest BCUT2D eigenvalue weighted by Gasteiger charge is -2.17. The molecule has 1 aromatic heterocycles. The van der Waals surface area contributed by atoms with E-state index < -0.39 is 27.9 Å². The van der Waals surface area contributed by atoms with Gasteiger partial charge in [0, 0.05) is 5.56 Å². The summed E-state index contributed by atoms with van der Waals surface area (Å²) in [4.78, 5) is 13.8. The number of allylic oxidation sites excluding steroid dienone is 1. The van der Waals surface area contributed by atoms with Crippen molar-refractivity contribution in [3.8, 4) is 0 Å². The second-order valence-electron chi connectivity index (χ2n) is 8.27. The van der Waals surface area contributed by atoms with Gasteiger partial charge < -0.3 is 4.74 Å². The Morgan fingerprint density at radius 2 is 2.10 bits per heavy atom. The number of carbonyl (C=O) groups excluding carboxylic acids is 1. The Morgan fingerprint density at radius 1 is 1.32 bits per heavy atom. The SMILES string of the molecule is Cc1c(C(C)C)nnn1C[C@H]1CN(c2ccc(C3=CCS(=O)(=O)CC3)c(F)c2)C(=O)O1. The van der Waals surface area contributed by atoms with Crippen LogP contribution in [0.2, 0.25) is 0 Å². The number of rotatable bonds is 5. The molecule has 1 fully saturated rings. The van der Waals surface area contributed by atoms with Gasteiger partial charge >= 0.3 is 6.09 Å². The van der Waals surface area contributed by atoms with E-state index in [4.69, 9.17) is 4.74 Å². The van der Waals surface area contributed by atoms with Gasteiger partial charge in [0.15, 0.2) is 9.84 Å². The predicted molar refractivity (Wildman–Crippen MR) is 114 cm³/mol. The van der Waals surface area contributed by atoms with E-state index in [-0.39, 0.29) is 30.4 Å². The standard InChI is InChI=1S/C21H25FN4O4S/c1-13(2)20-14(3)26(24-23-20)12-17-11-25(21(27)30-17)16-4-5-18(19(22)10-16)15-6-8-31(28,29)9-7-15/h4-6,10,13,17H,7-9,11-12H2,1-3H3/t17-/m1/s1. The largest absolute Gasteiger partial charge is 0.442 e. The van der Waals surface area contributed by atoms with Crippen molar-refractivity contribution in [2.24, 2.45) is 0 Å². The zero-order valence-electron chi connectivity index (χ0n) is 17.7. The minimum atomic E-state index is -3.08. The van der Waals surface area contributed by atoms with Crippen molar-refractivity contribution >= 4 is 27.2 Å². The minimum absolute atomic E-state index is 0.0143. The number of anilines is 1. The number of aromatic nitrogens is 3. The van der Waals surface area contributed by atoms with Crippen LogP contribution in [0.25, 0.3) is 5.57 Å². The Hall–Kier alpha value is -2.75. The van der Waals surface area contributed by atoms with Crippen LogP contribution < -0.4 is 4.90 Å². The summed E-state index contributed by atoms with van der Waals surface area (Å²) in [6.45, 7) is 6.66. The lowest BCUT2D eigenvalue weighted by atomic mass is 10.0. The van der Waals surface area contributed by atoms with E-state index in [2.05, 4.69) is 10.3 Å². The molecule has 0 unspecified atom stereocenters. The highest BCUT2D eigenvalue weighted by Gasteiger charge is 2.34. The Labute approximate surface area is 180 Å². The van der Waals surface area contributed by atoms with E-state index in [0.29, 0.717) is 23.4 Å². The average molecular weight is 449 g/mol. The molecule has 0 aliphatic carbocycles. The monoisotopic (exact) mass is 448 g/mol. The number of carbonyl (C=O) groups is 1. The summed E-state index contributed by atoms with van der Waals surface area (Å²) < 4.78 is 45.2. The number of hydrogen-bond acceptors (Lipinski definition) is 6. The Bertz CT molecular complexity index is 1160. The van der Waals surface area contributed by atoms with Crippen LogP contribution in [0, 0.1) is 12.7 Å². The van der Waals surface area contributed by atoms with Crippen LogP contribution in [0.3, 0.4) is 0 Å². The summed E-state index contributed by atoms with van der Waals surface area (Å²) in [6, 6.07) is 4.54. The van der Waals surface area contributed by atoms with Gasteiger partial charge in [-0.3, -0.25) is 4.90 Å². The number of ether oxygens (including phenoxy) is 1. The highest BCUT2D eigenvalue weighted by Crippen LogP contribution is 2.30. The molecule has 10 heteroatoms. The zero-order valence-corrected chi connectivity index (χ0v) is 18.5. The van der Waals surface area contributed by atoms with E-state index in [0.717, 1.165) is 11.4 Å². The molecule has 4 rings (SSSR count). The molecular weight excluding hydrogens is 423 g/mol. The lowest BCUT2D eigenvalue weighted by molar-refractivity contribution is 0.128. The first kappa shape index (κ1) is 21.5. The molecule has 1 saturated heterocycles. The van der Waals surface area contributed by atoms with Gasteiger partial charge in [0.05, 0.1) is 41.7 Å². The van der Waals surface area contributed by atoms with Crippen LogP contribution in [0.15, 0.2) is 24.3 Å². The molecule has 0 saturated carbocycles. The highest BCUT2D eigenvalue weighted by atomic mass is 32.2. The van der Waals surface area contributed by atoms with Gasteiger partial charge in [-0.15, -0.1) is 5.10 Å². The van der Waals surface area contributed by atoms with Crippen molar-refractivity contribution in [1.29, 1.82) is 0 Å². The van der Waals surface area contributed by atoms with E-state index in [1.807, 2.05) is 20.8 Å². The summed E-state index contributed by atoms with van der Waals surface area (Å²) >= 11 is 0. The number of halogens is 1. The lowest BCUT2D eigenvalue weighted by Crippen LogP contribution is -2.26. The molecular formula is C21H25FN4O4S. The number of amides is 1. The first-order valence-electron chi connectivity index (χ1n) is 10.2. The third-order valence-electron chi connectivity index (χ3n) is 5.69. The van der Waals surface area contributed by atoms with Crippen LogP contribution in [-0.4, -0.2) is 53.7 Å². The maximum absolute atomic E-state index is 14.8. The van der Waals surface area contributed by atoms with Crippen molar-refractivity contribution in [2.45, 2.75) is 45.8 Å². The third kappa shape index (κ3) is 4.34. The second kappa shape index (κ2) is 8.07. The molecule has 166 valence electrons. The van der Waals surface area contributed by atoms with Gasteiger partial charge in [0.1, 0.15) is 11.9 Å². The quantitative estimate of drug-likeness (QED) is 0.698. The van der Waals surface area contributed by atoms with E-state index in [9.17, 15) is 17.6 Å². The molecule has 1 aromatic carbocycles. The summed E-state index contributed by atoms with van der Waals surface area (Å²) in [7, 11) is -3.08. The average Bonchev–Trinajstić information content (AvgIpc) is 3.25. The fourth-order valence-corrected chi connectivity index (χ4v) is 5.11. The van der Waals surface area contributed by atoms with Crippen molar-refractivity contribution in [3.63, 3.8) is 0 Å². The van der Waals surface area contributed by atoms with Crippen LogP contribution in [0.4, 0.5) is 14.9 Å². The summed E-state index contributed by atoms with van der Waals surface area (Å²) in [6.07, 6.45) is 0.870. The Morgan fingerprint density at radius 3 is 2.71 bits per heavy atom.